The highest BCUT2D eigenvalue weighted by Gasteiger charge is 2.33. The Labute approximate surface area is 123 Å². The number of benzene rings is 2. The second-order valence-electron chi connectivity index (χ2n) is 5.11. The van der Waals surface area contributed by atoms with Crippen LogP contribution in [0.15, 0.2) is 41.3 Å². The first-order valence-corrected chi connectivity index (χ1v) is 8.01. The molecule has 0 aliphatic carbocycles. The van der Waals surface area contributed by atoms with Crippen molar-refractivity contribution in [1.29, 1.82) is 0 Å². The van der Waals surface area contributed by atoms with E-state index in [0.29, 0.717) is 18.7 Å². The number of rotatable bonds is 2. The number of nitrogen functional groups attached to an aromatic ring is 1. The molecule has 2 aromatic carbocycles. The molecule has 0 radical (unpaired) electrons. The number of anilines is 2. The average molecular weight is 306 g/mol. The van der Waals surface area contributed by atoms with Crippen LogP contribution in [0.3, 0.4) is 0 Å². The zero-order chi connectivity index (χ0) is 15.2. The summed E-state index contributed by atoms with van der Waals surface area (Å²) in [6, 6.07) is 9.85. The van der Waals surface area contributed by atoms with E-state index < -0.39 is 15.8 Å². The molecule has 6 heteroatoms. The molecule has 0 saturated carbocycles. The molecule has 4 nitrogen and oxygen atoms in total. The Kier molecular flexibility index (Phi) is 3.13. The number of nitrogens with two attached hydrogens (primary N) is 1. The average Bonchev–Trinajstić information content (AvgIpc) is 2.87. The molecule has 0 unspecified atom stereocenters. The first kappa shape index (κ1) is 13.9. The summed E-state index contributed by atoms with van der Waals surface area (Å²) in [5.41, 5.74) is 7.68. The van der Waals surface area contributed by atoms with E-state index in [1.807, 2.05) is 12.1 Å². The van der Waals surface area contributed by atoms with Crippen LogP contribution in [0.4, 0.5) is 15.8 Å². The molecule has 2 N–H and O–H groups in total. The van der Waals surface area contributed by atoms with Gasteiger partial charge in [0.05, 0.1) is 5.69 Å². The second-order valence-corrected chi connectivity index (χ2v) is 6.94. The molecule has 0 saturated heterocycles. The standard InChI is InChI=1S/C15H15FN2O2S/c1-10-8-12(17)9-14(15(10)16)21(19,20)18-7-6-11-4-2-3-5-13(11)18/h2-5,8-9H,6-7,17H2,1H3. The third-order valence-electron chi connectivity index (χ3n) is 3.66. The van der Waals surface area contributed by atoms with Crippen LogP contribution < -0.4 is 10.0 Å². The normalized spacial score (nSPS) is 14.3. The molecule has 2 aromatic rings. The van der Waals surface area contributed by atoms with Crippen molar-refractivity contribution in [3.8, 4) is 0 Å². The smallest absolute Gasteiger partial charge is 0.267 e. The Bertz CT molecular complexity index is 818. The molecule has 0 fully saturated rings. The van der Waals surface area contributed by atoms with Gasteiger partial charge in [-0.05, 0) is 42.7 Å². The zero-order valence-electron chi connectivity index (χ0n) is 11.5. The van der Waals surface area contributed by atoms with Crippen LogP contribution in [-0.4, -0.2) is 15.0 Å². The maximum absolute atomic E-state index is 14.2. The topological polar surface area (TPSA) is 63.4 Å². The van der Waals surface area contributed by atoms with Gasteiger partial charge in [-0.2, -0.15) is 0 Å². The molecule has 1 heterocycles. The van der Waals surface area contributed by atoms with Gasteiger partial charge in [0.1, 0.15) is 10.7 Å². The fourth-order valence-electron chi connectivity index (χ4n) is 2.63. The van der Waals surface area contributed by atoms with Crippen molar-refractivity contribution in [1.82, 2.24) is 0 Å². The van der Waals surface area contributed by atoms with Crippen molar-refractivity contribution in [3.05, 3.63) is 53.3 Å². The highest BCUT2D eigenvalue weighted by atomic mass is 32.2. The van der Waals surface area contributed by atoms with E-state index in [4.69, 9.17) is 5.73 Å². The third-order valence-corrected chi connectivity index (χ3v) is 5.47. The van der Waals surface area contributed by atoms with Gasteiger partial charge >= 0.3 is 0 Å². The van der Waals surface area contributed by atoms with Gasteiger partial charge in [-0.1, -0.05) is 18.2 Å². The summed E-state index contributed by atoms with van der Waals surface area (Å²) >= 11 is 0. The summed E-state index contributed by atoms with van der Waals surface area (Å²) in [7, 11) is -3.95. The number of nitrogens with zero attached hydrogens (tertiary/aromatic N) is 1. The van der Waals surface area contributed by atoms with E-state index in [0.717, 1.165) is 5.56 Å². The molecule has 0 bridgehead atoms. The Balaban J connectivity index is 2.15. The first-order valence-electron chi connectivity index (χ1n) is 6.57. The molecule has 1 aliphatic rings. The maximum atomic E-state index is 14.2. The first-order chi connectivity index (χ1) is 9.91. The highest BCUT2D eigenvalue weighted by Crippen LogP contribution is 2.34. The Morgan fingerprint density at radius 2 is 1.95 bits per heavy atom. The molecule has 3 rings (SSSR count). The molecule has 0 spiro atoms. The number of hydrogen-bond donors (Lipinski definition) is 1. The van der Waals surface area contributed by atoms with E-state index in [1.165, 1.54) is 23.4 Å². The van der Waals surface area contributed by atoms with E-state index in [9.17, 15) is 12.8 Å². The predicted octanol–water partition coefficient (Wildman–Crippen LogP) is 2.47. The van der Waals surface area contributed by atoms with Crippen molar-refractivity contribution >= 4 is 21.4 Å². The summed E-state index contributed by atoms with van der Waals surface area (Å²) in [5.74, 6) is -0.742. The zero-order valence-corrected chi connectivity index (χ0v) is 12.3. The van der Waals surface area contributed by atoms with Gasteiger partial charge in [0.25, 0.3) is 10.0 Å². The molecule has 0 atom stereocenters. The molecule has 1 aliphatic heterocycles. The summed E-state index contributed by atoms with van der Waals surface area (Å²) in [6.45, 7) is 1.82. The van der Waals surface area contributed by atoms with Gasteiger partial charge < -0.3 is 5.73 Å². The van der Waals surface area contributed by atoms with Crippen LogP contribution in [0.5, 0.6) is 0 Å². The molecule has 0 aromatic heterocycles. The van der Waals surface area contributed by atoms with Crippen molar-refractivity contribution < 1.29 is 12.8 Å². The number of hydrogen-bond acceptors (Lipinski definition) is 3. The highest BCUT2D eigenvalue weighted by molar-refractivity contribution is 7.92. The molecule has 110 valence electrons. The number of para-hydroxylation sites is 1. The lowest BCUT2D eigenvalue weighted by Gasteiger charge is -2.20. The predicted molar refractivity (Wildman–Crippen MR) is 80.2 cm³/mol. The van der Waals surface area contributed by atoms with Gasteiger partial charge in [0.2, 0.25) is 0 Å². The summed E-state index contributed by atoms with van der Waals surface area (Å²) in [6.07, 6.45) is 0.623. The van der Waals surface area contributed by atoms with E-state index in [2.05, 4.69) is 0 Å². The van der Waals surface area contributed by atoms with E-state index in [-0.39, 0.29) is 16.1 Å². The van der Waals surface area contributed by atoms with Crippen LogP contribution in [0.2, 0.25) is 0 Å². The lowest BCUT2D eigenvalue weighted by molar-refractivity contribution is 0.560. The van der Waals surface area contributed by atoms with Crippen LogP contribution in [0.1, 0.15) is 11.1 Å². The van der Waals surface area contributed by atoms with Crippen LogP contribution >= 0.6 is 0 Å². The third kappa shape index (κ3) is 2.15. The summed E-state index contributed by atoms with van der Waals surface area (Å²) in [5, 5.41) is 0. The van der Waals surface area contributed by atoms with Gasteiger partial charge in [-0.25, -0.2) is 12.8 Å². The number of sulfonamides is 1. The van der Waals surface area contributed by atoms with E-state index in [1.54, 1.807) is 12.1 Å². The minimum Gasteiger partial charge on any atom is -0.399 e. The second kappa shape index (κ2) is 4.73. The van der Waals surface area contributed by atoms with Crippen molar-refractivity contribution in [2.24, 2.45) is 0 Å². The summed E-state index contributed by atoms with van der Waals surface area (Å²) < 4.78 is 41.0. The van der Waals surface area contributed by atoms with Crippen LogP contribution in [0, 0.1) is 12.7 Å². The molecular formula is C15H15FN2O2S. The van der Waals surface area contributed by atoms with Crippen LogP contribution in [0.25, 0.3) is 0 Å². The monoisotopic (exact) mass is 306 g/mol. The van der Waals surface area contributed by atoms with Gasteiger partial charge in [0.15, 0.2) is 0 Å². The van der Waals surface area contributed by atoms with Crippen molar-refractivity contribution in [2.45, 2.75) is 18.2 Å². The molecular weight excluding hydrogens is 291 g/mol. The lowest BCUT2D eigenvalue weighted by Crippen LogP contribution is -2.30. The van der Waals surface area contributed by atoms with Gasteiger partial charge in [-0.3, -0.25) is 4.31 Å². The van der Waals surface area contributed by atoms with Gasteiger partial charge in [-0.15, -0.1) is 0 Å². The molecule has 0 amide bonds. The Morgan fingerprint density at radius 3 is 2.71 bits per heavy atom. The largest absolute Gasteiger partial charge is 0.399 e. The number of fused-ring (bicyclic) bond motifs is 1. The van der Waals surface area contributed by atoms with Crippen molar-refractivity contribution in [2.75, 3.05) is 16.6 Å². The van der Waals surface area contributed by atoms with Crippen molar-refractivity contribution in [3.63, 3.8) is 0 Å². The minimum absolute atomic E-state index is 0.223. The fraction of sp³-hybridized carbons (Fsp3) is 0.200. The number of halogens is 1. The van der Waals surface area contributed by atoms with Crippen LogP contribution in [-0.2, 0) is 16.4 Å². The quantitative estimate of drug-likeness (QED) is 0.867. The Hall–Kier alpha value is -2.08. The van der Waals surface area contributed by atoms with Gasteiger partial charge in [0, 0.05) is 12.2 Å². The number of aryl methyl sites for hydroxylation is 1. The minimum atomic E-state index is -3.95. The lowest BCUT2D eigenvalue weighted by atomic mass is 10.2. The SMILES string of the molecule is Cc1cc(N)cc(S(=O)(=O)N2CCc3ccccc32)c1F. The van der Waals surface area contributed by atoms with E-state index >= 15 is 0 Å². The molecule has 21 heavy (non-hydrogen) atoms. The fourth-order valence-corrected chi connectivity index (χ4v) is 4.31. The maximum Gasteiger partial charge on any atom is 0.267 e. The summed E-state index contributed by atoms with van der Waals surface area (Å²) in [4.78, 5) is -0.364. The Morgan fingerprint density at radius 1 is 1.24 bits per heavy atom.